The van der Waals surface area contributed by atoms with Crippen molar-refractivity contribution in [2.75, 3.05) is 6.61 Å². The van der Waals surface area contributed by atoms with Gasteiger partial charge in [-0.05, 0) is 62.0 Å². The summed E-state index contributed by atoms with van der Waals surface area (Å²) in [6, 6.07) is 9.52. The van der Waals surface area contributed by atoms with E-state index in [9.17, 15) is 0 Å². The van der Waals surface area contributed by atoms with Crippen molar-refractivity contribution in [3.8, 4) is 5.75 Å². The molecule has 1 atom stereocenters. The van der Waals surface area contributed by atoms with Crippen molar-refractivity contribution in [2.45, 2.75) is 19.4 Å². The quantitative estimate of drug-likeness (QED) is 0.808. The SMILES string of the molecule is CCCOc1ccc(C(N)c2ncc(Br)cc2Br)cc1. The fourth-order valence-corrected chi connectivity index (χ4v) is 3.04. The molecule has 20 heavy (non-hydrogen) atoms. The molecule has 1 aromatic carbocycles. The lowest BCUT2D eigenvalue weighted by Gasteiger charge is -2.14. The molecule has 0 aliphatic rings. The number of ether oxygens (including phenoxy) is 1. The summed E-state index contributed by atoms with van der Waals surface area (Å²) in [6.45, 7) is 2.81. The van der Waals surface area contributed by atoms with Gasteiger partial charge < -0.3 is 10.5 Å². The monoisotopic (exact) mass is 398 g/mol. The Balaban J connectivity index is 2.18. The number of hydrogen-bond donors (Lipinski definition) is 1. The summed E-state index contributed by atoms with van der Waals surface area (Å²) in [4.78, 5) is 4.38. The van der Waals surface area contributed by atoms with E-state index in [1.54, 1.807) is 6.20 Å². The molecule has 0 saturated heterocycles. The molecule has 0 amide bonds. The van der Waals surface area contributed by atoms with Crippen LogP contribution in [0, 0.1) is 0 Å². The molecular formula is C15H16Br2N2O. The topological polar surface area (TPSA) is 48.1 Å². The smallest absolute Gasteiger partial charge is 0.119 e. The minimum Gasteiger partial charge on any atom is -0.494 e. The zero-order chi connectivity index (χ0) is 14.5. The number of nitrogens with zero attached hydrogens (tertiary/aromatic N) is 1. The van der Waals surface area contributed by atoms with E-state index in [0.29, 0.717) is 0 Å². The molecule has 2 N–H and O–H groups in total. The summed E-state index contributed by atoms with van der Waals surface area (Å²) in [5, 5.41) is 0. The summed E-state index contributed by atoms with van der Waals surface area (Å²) >= 11 is 6.88. The highest BCUT2D eigenvalue weighted by atomic mass is 79.9. The molecule has 2 aromatic rings. The molecule has 0 spiro atoms. The summed E-state index contributed by atoms with van der Waals surface area (Å²) in [5.41, 5.74) is 8.09. The molecule has 0 aliphatic carbocycles. The number of hydrogen-bond acceptors (Lipinski definition) is 3. The molecule has 0 radical (unpaired) electrons. The molecule has 1 unspecified atom stereocenters. The van der Waals surface area contributed by atoms with E-state index in [4.69, 9.17) is 10.5 Å². The van der Waals surface area contributed by atoms with Crippen LogP contribution in [-0.2, 0) is 0 Å². The van der Waals surface area contributed by atoms with Crippen molar-refractivity contribution >= 4 is 31.9 Å². The van der Waals surface area contributed by atoms with Crippen LogP contribution < -0.4 is 10.5 Å². The third-order valence-electron chi connectivity index (χ3n) is 2.84. The fourth-order valence-electron chi connectivity index (χ4n) is 1.80. The van der Waals surface area contributed by atoms with Gasteiger partial charge in [0.1, 0.15) is 5.75 Å². The van der Waals surface area contributed by atoms with E-state index in [1.807, 2.05) is 30.3 Å². The molecule has 0 fully saturated rings. The second-order valence-electron chi connectivity index (χ2n) is 4.42. The average molecular weight is 400 g/mol. The van der Waals surface area contributed by atoms with Crippen molar-refractivity contribution in [2.24, 2.45) is 5.73 Å². The van der Waals surface area contributed by atoms with Crippen LogP contribution in [0.25, 0.3) is 0 Å². The Bertz CT molecular complexity index is 573. The van der Waals surface area contributed by atoms with Crippen LogP contribution in [0.15, 0.2) is 45.5 Å². The van der Waals surface area contributed by atoms with Crippen molar-refractivity contribution in [1.29, 1.82) is 0 Å². The fraction of sp³-hybridized carbons (Fsp3) is 0.267. The first-order valence-electron chi connectivity index (χ1n) is 6.41. The summed E-state index contributed by atoms with van der Waals surface area (Å²) in [7, 11) is 0. The van der Waals surface area contributed by atoms with Gasteiger partial charge in [0.15, 0.2) is 0 Å². The Morgan fingerprint density at radius 2 is 1.95 bits per heavy atom. The van der Waals surface area contributed by atoms with Crippen LogP contribution in [0.1, 0.15) is 30.6 Å². The lowest BCUT2D eigenvalue weighted by Crippen LogP contribution is -2.14. The van der Waals surface area contributed by atoms with Gasteiger partial charge in [-0.15, -0.1) is 0 Å². The van der Waals surface area contributed by atoms with Gasteiger partial charge in [0.05, 0.1) is 18.3 Å². The molecule has 1 heterocycles. The van der Waals surface area contributed by atoms with Crippen LogP contribution in [0.3, 0.4) is 0 Å². The minimum atomic E-state index is -0.266. The zero-order valence-corrected chi connectivity index (χ0v) is 14.3. The molecule has 5 heteroatoms. The number of benzene rings is 1. The van der Waals surface area contributed by atoms with E-state index in [2.05, 4.69) is 43.8 Å². The Morgan fingerprint density at radius 3 is 2.55 bits per heavy atom. The predicted octanol–water partition coefficient (Wildman–Crippen LogP) is 4.44. The van der Waals surface area contributed by atoms with Crippen molar-refractivity contribution in [3.05, 3.63) is 56.7 Å². The van der Waals surface area contributed by atoms with Crippen LogP contribution in [0.5, 0.6) is 5.75 Å². The first kappa shape index (κ1) is 15.5. The highest BCUT2D eigenvalue weighted by Gasteiger charge is 2.14. The first-order chi connectivity index (χ1) is 9.61. The highest BCUT2D eigenvalue weighted by molar-refractivity contribution is 9.11. The predicted molar refractivity (Wildman–Crippen MR) is 87.9 cm³/mol. The maximum atomic E-state index is 6.27. The van der Waals surface area contributed by atoms with E-state index < -0.39 is 0 Å². The van der Waals surface area contributed by atoms with Crippen LogP contribution in [0.4, 0.5) is 0 Å². The Kier molecular flexibility index (Phi) is 5.57. The third-order valence-corrected chi connectivity index (χ3v) is 3.91. The maximum Gasteiger partial charge on any atom is 0.119 e. The zero-order valence-electron chi connectivity index (χ0n) is 11.1. The van der Waals surface area contributed by atoms with E-state index in [0.717, 1.165) is 39.0 Å². The molecule has 2 rings (SSSR count). The van der Waals surface area contributed by atoms with Gasteiger partial charge in [-0.1, -0.05) is 19.1 Å². The van der Waals surface area contributed by atoms with Crippen molar-refractivity contribution in [1.82, 2.24) is 4.98 Å². The summed E-state index contributed by atoms with van der Waals surface area (Å²) in [5.74, 6) is 0.866. The lowest BCUT2D eigenvalue weighted by atomic mass is 10.0. The van der Waals surface area contributed by atoms with E-state index in [-0.39, 0.29) is 6.04 Å². The first-order valence-corrected chi connectivity index (χ1v) is 7.99. The molecule has 0 aliphatic heterocycles. The van der Waals surface area contributed by atoms with Gasteiger partial charge >= 0.3 is 0 Å². The number of aromatic nitrogens is 1. The number of halogens is 2. The maximum absolute atomic E-state index is 6.27. The van der Waals surface area contributed by atoms with Gasteiger partial charge in [0.25, 0.3) is 0 Å². The molecule has 0 saturated carbocycles. The summed E-state index contributed by atoms with van der Waals surface area (Å²) in [6.07, 6.45) is 2.75. The number of nitrogens with two attached hydrogens (primary N) is 1. The van der Waals surface area contributed by atoms with Crippen LogP contribution in [0.2, 0.25) is 0 Å². The molecular weight excluding hydrogens is 384 g/mol. The van der Waals surface area contributed by atoms with Gasteiger partial charge in [-0.25, -0.2) is 0 Å². The minimum absolute atomic E-state index is 0.266. The van der Waals surface area contributed by atoms with Gasteiger partial charge in [-0.3, -0.25) is 4.98 Å². The van der Waals surface area contributed by atoms with Crippen molar-refractivity contribution < 1.29 is 4.74 Å². The third kappa shape index (κ3) is 3.81. The number of rotatable bonds is 5. The average Bonchev–Trinajstić information content (AvgIpc) is 2.45. The standard InChI is InChI=1S/C15H16Br2N2O/c1-2-7-20-12-5-3-10(4-6-12)14(18)15-13(17)8-11(16)9-19-15/h3-6,8-9,14H,2,7,18H2,1H3. The molecule has 1 aromatic heterocycles. The molecule has 106 valence electrons. The summed E-state index contributed by atoms with van der Waals surface area (Å²) < 4.78 is 7.38. The van der Waals surface area contributed by atoms with E-state index >= 15 is 0 Å². The molecule has 0 bridgehead atoms. The van der Waals surface area contributed by atoms with Gasteiger partial charge in [0, 0.05) is 15.1 Å². The van der Waals surface area contributed by atoms with Gasteiger partial charge in [0.2, 0.25) is 0 Å². The molecule has 3 nitrogen and oxygen atoms in total. The van der Waals surface area contributed by atoms with Crippen molar-refractivity contribution in [3.63, 3.8) is 0 Å². The number of pyridine rings is 1. The highest BCUT2D eigenvalue weighted by Crippen LogP contribution is 2.28. The van der Waals surface area contributed by atoms with Crippen LogP contribution >= 0.6 is 31.9 Å². The Morgan fingerprint density at radius 1 is 1.25 bits per heavy atom. The second kappa shape index (κ2) is 7.20. The van der Waals surface area contributed by atoms with Gasteiger partial charge in [-0.2, -0.15) is 0 Å². The Hall–Kier alpha value is -0.910. The largest absolute Gasteiger partial charge is 0.494 e. The van der Waals surface area contributed by atoms with Crippen LogP contribution in [-0.4, -0.2) is 11.6 Å². The second-order valence-corrected chi connectivity index (χ2v) is 6.19. The normalized spacial score (nSPS) is 12.2. The Labute approximate surface area is 135 Å². The van der Waals surface area contributed by atoms with E-state index in [1.165, 1.54) is 0 Å². The lowest BCUT2D eigenvalue weighted by molar-refractivity contribution is 0.317.